The fourth-order valence-corrected chi connectivity index (χ4v) is 2.32. The van der Waals surface area contributed by atoms with Gasteiger partial charge in [-0.2, -0.15) is 0 Å². The molecule has 0 saturated carbocycles. The summed E-state index contributed by atoms with van der Waals surface area (Å²) in [5, 5.41) is 2.79. The number of fused-ring (bicyclic) bond motifs is 1. The number of amides is 1. The van der Waals surface area contributed by atoms with Gasteiger partial charge in [0.15, 0.2) is 0 Å². The van der Waals surface area contributed by atoms with Crippen LogP contribution in [0.5, 0.6) is 0 Å². The van der Waals surface area contributed by atoms with Crippen LogP contribution in [0.25, 0.3) is 11.0 Å². The third-order valence-corrected chi connectivity index (χ3v) is 3.75. The van der Waals surface area contributed by atoms with Gasteiger partial charge >= 0.3 is 0 Å². The predicted octanol–water partition coefficient (Wildman–Crippen LogP) is 4.29. The first-order chi connectivity index (χ1) is 10.9. The first kappa shape index (κ1) is 15.4. The number of carbonyl (C=O) groups excluding carboxylic acids is 1. The molecule has 0 spiro atoms. The number of anilines is 1. The SMILES string of the molecule is Cc1nc2ccc(C(=O)Nc3ccc(Cl)cc3F)cc2nc1C. The largest absolute Gasteiger partial charge is 0.319 e. The highest BCUT2D eigenvalue weighted by atomic mass is 35.5. The van der Waals surface area contributed by atoms with E-state index < -0.39 is 11.7 Å². The number of nitrogens with one attached hydrogen (secondary N) is 1. The minimum atomic E-state index is -0.585. The molecule has 0 aliphatic rings. The summed E-state index contributed by atoms with van der Waals surface area (Å²) in [6, 6.07) is 9.08. The van der Waals surface area contributed by atoms with Crippen molar-refractivity contribution in [3.8, 4) is 0 Å². The van der Waals surface area contributed by atoms with E-state index in [0.29, 0.717) is 16.6 Å². The number of carbonyl (C=O) groups is 1. The van der Waals surface area contributed by atoms with Gasteiger partial charge in [0.1, 0.15) is 5.82 Å². The lowest BCUT2D eigenvalue weighted by Crippen LogP contribution is -2.13. The first-order valence-electron chi connectivity index (χ1n) is 6.95. The number of hydrogen-bond donors (Lipinski definition) is 1. The Kier molecular flexibility index (Phi) is 3.96. The first-order valence-corrected chi connectivity index (χ1v) is 7.33. The van der Waals surface area contributed by atoms with Crippen LogP contribution in [0.1, 0.15) is 21.7 Å². The molecule has 6 heteroatoms. The zero-order valence-electron chi connectivity index (χ0n) is 12.5. The molecule has 4 nitrogen and oxygen atoms in total. The van der Waals surface area contributed by atoms with E-state index in [1.807, 2.05) is 13.8 Å². The van der Waals surface area contributed by atoms with Crippen LogP contribution < -0.4 is 5.32 Å². The maximum Gasteiger partial charge on any atom is 0.255 e. The quantitative estimate of drug-likeness (QED) is 0.763. The summed E-state index contributed by atoms with van der Waals surface area (Å²) in [6.07, 6.45) is 0. The van der Waals surface area contributed by atoms with E-state index in [4.69, 9.17) is 11.6 Å². The van der Waals surface area contributed by atoms with E-state index in [-0.39, 0.29) is 10.7 Å². The normalized spacial score (nSPS) is 10.8. The Morgan fingerprint density at radius 3 is 2.43 bits per heavy atom. The van der Waals surface area contributed by atoms with Crippen LogP contribution >= 0.6 is 11.6 Å². The number of hydrogen-bond acceptors (Lipinski definition) is 3. The molecule has 23 heavy (non-hydrogen) atoms. The Bertz CT molecular complexity index is 927. The van der Waals surface area contributed by atoms with Gasteiger partial charge in [0.05, 0.1) is 28.1 Å². The average Bonchev–Trinajstić information content (AvgIpc) is 2.50. The van der Waals surface area contributed by atoms with Crippen LogP contribution in [0, 0.1) is 19.7 Å². The smallest absolute Gasteiger partial charge is 0.255 e. The van der Waals surface area contributed by atoms with E-state index in [0.717, 1.165) is 17.5 Å². The van der Waals surface area contributed by atoms with Gasteiger partial charge in [-0.25, -0.2) is 14.4 Å². The van der Waals surface area contributed by atoms with Crippen LogP contribution in [0.3, 0.4) is 0 Å². The van der Waals surface area contributed by atoms with E-state index in [1.54, 1.807) is 18.2 Å². The highest BCUT2D eigenvalue weighted by Gasteiger charge is 2.11. The molecule has 0 radical (unpaired) electrons. The van der Waals surface area contributed by atoms with E-state index >= 15 is 0 Å². The second-order valence-corrected chi connectivity index (χ2v) is 5.61. The Balaban J connectivity index is 1.93. The molecule has 3 aromatic rings. The van der Waals surface area contributed by atoms with Crippen molar-refractivity contribution in [2.75, 3.05) is 5.32 Å². The summed E-state index contributed by atoms with van der Waals surface area (Å²) >= 11 is 5.70. The van der Waals surface area contributed by atoms with Crippen molar-refractivity contribution in [2.45, 2.75) is 13.8 Å². The molecule has 0 aliphatic carbocycles. The number of aryl methyl sites for hydroxylation is 2. The van der Waals surface area contributed by atoms with Crippen LogP contribution in [0.15, 0.2) is 36.4 Å². The lowest BCUT2D eigenvalue weighted by Gasteiger charge is -2.08. The van der Waals surface area contributed by atoms with Crippen molar-refractivity contribution in [2.24, 2.45) is 0 Å². The summed E-state index contributed by atoms with van der Waals surface area (Å²) in [5.41, 5.74) is 3.44. The highest BCUT2D eigenvalue weighted by Crippen LogP contribution is 2.20. The summed E-state index contributed by atoms with van der Waals surface area (Å²) < 4.78 is 13.8. The molecule has 1 amide bonds. The number of halogens is 2. The zero-order valence-corrected chi connectivity index (χ0v) is 13.3. The molecule has 3 rings (SSSR count). The van der Waals surface area contributed by atoms with Gasteiger partial charge in [-0.15, -0.1) is 0 Å². The van der Waals surface area contributed by atoms with Crippen molar-refractivity contribution in [1.82, 2.24) is 9.97 Å². The molecule has 116 valence electrons. The predicted molar refractivity (Wildman–Crippen MR) is 88.4 cm³/mol. The van der Waals surface area contributed by atoms with E-state index in [2.05, 4.69) is 15.3 Å². The monoisotopic (exact) mass is 329 g/mol. The summed E-state index contributed by atoms with van der Waals surface area (Å²) in [4.78, 5) is 21.1. The highest BCUT2D eigenvalue weighted by molar-refractivity contribution is 6.30. The van der Waals surface area contributed by atoms with Crippen molar-refractivity contribution in [3.63, 3.8) is 0 Å². The van der Waals surface area contributed by atoms with Crippen molar-refractivity contribution in [1.29, 1.82) is 0 Å². The fraction of sp³-hybridized carbons (Fsp3) is 0.118. The lowest BCUT2D eigenvalue weighted by atomic mass is 10.1. The molecule has 0 bridgehead atoms. The third kappa shape index (κ3) is 3.14. The molecule has 1 N–H and O–H groups in total. The van der Waals surface area contributed by atoms with Gasteiger partial charge in [0, 0.05) is 10.6 Å². The van der Waals surface area contributed by atoms with Gasteiger partial charge in [-0.05, 0) is 50.2 Å². The second-order valence-electron chi connectivity index (χ2n) is 5.18. The van der Waals surface area contributed by atoms with Gasteiger partial charge in [0.25, 0.3) is 5.91 Å². The summed E-state index contributed by atoms with van der Waals surface area (Å²) in [6.45, 7) is 3.74. The molecule has 0 fully saturated rings. The van der Waals surface area contributed by atoms with E-state index in [9.17, 15) is 9.18 Å². The molecule has 2 aromatic carbocycles. The second kappa shape index (κ2) is 5.93. The molecule has 0 saturated heterocycles. The number of rotatable bonds is 2. The van der Waals surface area contributed by atoms with Gasteiger partial charge in [0.2, 0.25) is 0 Å². The standard InChI is InChI=1S/C17H13ClFN3O/c1-9-10(2)21-16-7-11(3-5-15(16)20-9)17(23)22-14-6-4-12(18)8-13(14)19/h3-8H,1-2H3,(H,22,23). The molecule has 1 heterocycles. The average molecular weight is 330 g/mol. The number of benzene rings is 2. The maximum absolute atomic E-state index is 13.8. The Morgan fingerprint density at radius 2 is 1.74 bits per heavy atom. The Labute approximate surface area is 137 Å². The van der Waals surface area contributed by atoms with Gasteiger partial charge in [-0.1, -0.05) is 11.6 Å². The van der Waals surface area contributed by atoms with Crippen LogP contribution in [0.2, 0.25) is 5.02 Å². The Morgan fingerprint density at radius 1 is 1.04 bits per heavy atom. The zero-order chi connectivity index (χ0) is 16.6. The van der Waals surface area contributed by atoms with Crippen molar-refractivity contribution < 1.29 is 9.18 Å². The van der Waals surface area contributed by atoms with Gasteiger partial charge in [-0.3, -0.25) is 4.79 Å². The molecule has 1 aromatic heterocycles. The lowest BCUT2D eigenvalue weighted by molar-refractivity contribution is 0.102. The third-order valence-electron chi connectivity index (χ3n) is 3.52. The molecule has 0 atom stereocenters. The Hall–Kier alpha value is -2.53. The topological polar surface area (TPSA) is 54.9 Å². The van der Waals surface area contributed by atoms with Gasteiger partial charge < -0.3 is 5.32 Å². The van der Waals surface area contributed by atoms with Crippen LogP contribution in [-0.4, -0.2) is 15.9 Å². The summed E-state index contributed by atoms with van der Waals surface area (Å²) in [7, 11) is 0. The minimum absolute atomic E-state index is 0.0747. The van der Waals surface area contributed by atoms with Crippen molar-refractivity contribution >= 4 is 34.2 Å². The number of aromatic nitrogens is 2. The minimum Gasteiger partial charge on any atom is -0.319 e. The fourth-order valence-electron chi connectivity index (χ4n) is 2.16. The number of nitrogens with zero attached hydrogens (tertiary/aromatic N) is 2. The van der Waals surface area contributed by atoms with E-state index in [1.165, 1.54) is 12.1 Å². The molecule has 0 unspecified atom stereocenters. The molecular weight excluding hydrogens is 317 g/mol. The van der Waals surface area contributed by atoms with Crippen LogP contribution in [0.4, 0.5) is 10.1 Å². The summed E-state index contributed by atoms with van der Waals surface area (Å²) in [5.74, 6) is -1.01. The van der Waals surface area contributed by atoms with Crippen molar-refractivity contribution in [3.05, 3.63) is 64.2 Å². The van der Waals surface area contributed by atoms with Crippen LogP contribution in [-0.2, 0) is 0 Å². The maximum atomic E-state index is 13.8. The molecular formula is C17H13ClFN3O. The molecule has 0 aliphatic heterocycles.